The Morgan fingerprint density at radius 2 is 1.79 bits per heavy atom. The van der Waals surface area contributed by atoms with Crippen LogP contribution >= 0.6 is 0 Å². The molecular weight excluding hydrogens is 365 g/mol. The van der Waals surface area contributed by atoms with Crippen molar-refractivity contribution in [2.24, 2.45) is 0 Å². The second-order valence-corrected chi connectivity index (χ2v) is 7.27. The van der Waals surface area contributed by atoms with Gasteiger partial charge in [-0.15, -0.1) is 0 Å². The Kier molecular flexibility index (Phi) is 4.62. The Morgan fingerprint density at radius 1 is 0.966 bits per heavy atom. The predicted octanol–water partition coefficient (Wildman–Crippen LogP) is 4.23. The molecule has 0 saturated carbocycles. The standard InChI is InChI=1S/C23H20FN5/c24-20-8-6-16(7-9-20)22-19(13-26-28-22)15-29-11-10-21-18(14-29)12-25-23(27-21)17-4-2-1-3-5-17/h1-9,12-13H,10-11,14-15H2,(H,26,28). The predicted molar refractivity (Wildman–Crippen MR) is 109 cm³/mol. The summed E-state index contributed by atoms with van der Waals surface area (Å²) >= 11 is 0. The number of benzene rings is 2. The largest absolute Gasteiger partial charge is 0.294 e. The third-order valence-electron chi connectivity index (χ3n) is 5.29. The molecule has 2 aromatic carbocycles. The fourth-order valence-corrected chi connectivity index (χ4v) is 3.77. The van der Waals surface area contributed by atoms with Gasteiger partial charge in [0.1, 0.15) is 5.82 Å². The Labute approximate surface area is 168 Å². The lowest BCUT2D eigenvalue weighted by Crippen LogP contribution is -2.31. The Hall–Kier alpha value is -3.38. The first kappa shape index (κ1) is 17.7. The van der Waals surface area contributed by atoms with Crippen molar-refractivity contribution in [2.45, 2.75) is 19.5 Å². The minimum Gasteiger partial charge on any atom is -0.294 e. The average molecular weight is 385 g/mol. The lowest BCUT2D eigenvalue weighted by Gasteiger charge is -2.28. The molecule has 5 rings (SSSR count). The van der Waals surface area contributed by atoms with E-state index in [0.29, 0.717) is 0 Å². The van der Waals surface area contributed by atoms with Gasteiger partial charge in [0.05, 0.1) is 17.6 Å². The van der Waals surface area contributed by atoms with Gasteiger partial charge in [-0.3, -0.25) is 10.00 Å². The van der Waals surface area contributed by atoms with E-state index >= 15 is 0 Å². The van der Waals surface area contributed by atoms with Gasteiger partial charge in [-0.05, 0) is 24.3 Å². The van der Waals surface area contributed by atoms with E-state index in [0.717, 1.165) is 60.0 Å². The number of fused-ring (bicyclic) bond motifs is 1. The highest BCUT2D eigenvalue weighted by atomic mass is 19.1. The van der Waals surface area contributed by atoms with Gasteiger partial charge in [0.15, 0.2) is 5.82 Å². The summed E-state index contributed by atoms with van der Waals surface area (Å²) in [6.45, 7) is 2.49. The topological polar surface area (TPSA) is 57.7 Å². The summed E-state index contributed by atoms with van der Waals surface area (Å²) in [6.07, 6.45) is 4.69. The van der Waals surface area contributed by atoms with Crippen LogP contribution in [0.25, 0.3) is 22.6 Å². The van der Waals surface area contributed by atoms with Gasteiger partial charge < -0.3 is 0 Å². The third-order valence-corrected chi connectivity index (χ3v) is 5.29. The number of aromatic nitrogens is 4. The maximum Gasteiger partial charge on any atom is 0.159 e. The fraction of sp³-hybridized carbons (Fsp3) is 0.174. The molecule has 0 fully saturated rings. The highest BCUT2D eigenvalue weighted by Crippen LogP contribution is 2.26. The van der Waals surface area contributed by atoms with Crippen LogP contribution in [0.15, 0.2) is 67.0 Å². The van der Waals surface area contributed by atoms with E-state index in [9.17, 15) is 4.39 Å². The summed E-state index contributed by atoms with van der Waals surface area (Å²) in [5, 5.41) is 7.26. The number of nitrogens with one attached hydrogen (secondary N) is 1. The van der Waals surface area contributed by atoms with Crippen molar-refractivity contribution < 1.29 is 4.39 Å². The normalized spacial score (nSPS) is 14.0. The number of H-pyrrole nitrogens is 1. The number of nitrogens with zero attached hydrogens (tertiary/aromatic N) is 4. The van der Waals surface area contributed by atoms with Crippen molar-refractivity contribution in [3.63, 3.8) is 0 Å². The van der Waals surface area contributed by atoms with Gasteiger partial charge in [-0.2, -0.15) is 5.10 Å². The maximum absolute atomic E-state index is 13.2. The molecule has 1 aliphatic heterocycles. The van der Waals surface area contributed by atoms with E-state index in [2.05, 4.69) is 20.1 Å². The van der Waals surface area contributed by atoms with Gasteiger partial charge in [-0.25, -0.2) is 14.4 Å². The SMILES string of the molecule is Fc1ccc(-c2[nH]ncc2CN2CCc3nc(-c4ccccc4)ncc3C2)cc1. The molecule has 29 heavy (non-hydrogen) atoms. The van der Waals surface area contributed by atoms with Crippen LogP contribution in [-0.4, -0.2) is 31.6 Å². The molecule has 0 spiro atoms. The molecule has 2 aromatic heterocycles. The molecule has 4 aromatic rings. The zero-order chi connectivity index (χ0) is 19.6. The molecule has 0 unspecified atom stereocenters. The van der Waals surface area contributed by atoms with Crippen molar-refractivity contribution in [2.75, 3.05) is 6.54 Å². The molecule has 1 N–H and O–H groups in total. The Morgan fingerprint density at radius 3 is 2.62 bits per heavy atom. The minimum atomic E-state index is -0.239. The van der Waals surface area contributed by atoms with E-state index in [1.807, 2.05) is 42.7 Å². The van der Waals surface area contributed by atoms with E-state index in [1.165, 1.54) is 17.7 Å². The van der Waals surface area contributed by atoms with Crippen LogP contribution in [0.4, 0.5) is 4.39 Å². The molecule has 6 heteroatoms. The highest BCUT2D eigenvalue weighted by Gasteiger charge is 2.20. The molecule has 1 aliphatic rings. The van der Waals surface area contributed by atoms with Crippen LogP contribution < -0.4 is 0 Å². The quantitative estimate of drug-likeness (QED) is 0.571. The summed E-state index contributed by atoms with van der Waals surface area (Å²) in [5.41, 5.74) is 6.31. The summed E-state index contributed by atoms with van der Waals surface area (Å²) in [4.78, 5) is 11.7. The second kappa shape index (κ2) is 7.56. The Bertz CT molecular complexity index is 1120. The zero-order valence-corrected chi connectivity index (χ0v) is 15.8. The Balaban J connectivity index is 1.34. The molecule has 144 valence electrons. The van der Waals surface area contributed by atoms with Crippen molar-refractivity contribution in [3.8, 4) is 22.6 Å². The molecule has 5 nitrogen and oxygen atoms in total. The minimum absolute atomic E-state index is 0.239. The lowest BCUT2D eigenvalue weighted by atomic mass is 10.0. The lowest BCUT2D eigenvalue weighted by molar-refractivity contribution is 0.243. The molecule has 0 radical (unpaired) electrons. The van der Waals surface area contributed by atoms with Crippen LogP contribution in [0.1, 0.15) is 16.8 Å². The van der Waals surface area contributed by atoms with E-state index in [-0.39, 0.29) is 5.82 Å². The third kappa shape index (κ3) is 3.67. The van der Waals surface area contributed by atoms with E-state index in [1.54, 1.807) is 12.1 Å². The van der Waals surface area contributed by atoms with Crippen molar-refractivity contribution in [3.05, 3.63) is 89.6 Å². The van der Waals surface area contributed by atoms with Crippen LogP contribution in [0, 0.1) is 5.82 Å². The molecule has 0 amide bonds. The van der Waals surface area contributed by atoms with Crippen LogP contribution in [0.2, 0.25) is 0 Å². The van der Waals surface area contributed by atoms with Gasteiger partial charge in [-0.1, -0.05) is 30.3 Å². The van der Waals surface area contributed by atoms with Crippen molar-refractivity contribution in [1.82, 2.24) is 25.1 Å². The first-order valence-corrected chi connectivity index (χ1v) is 9.67. The van der Waals surface area contributed by atoms with Crippen LogP contribution in [0.5, 0.6) is 0 Å². The summed E-state index contributed by atoms with van der Waals surface area (Å²) in [6, 6.07) is 16.6. The van der Waals surface area contributed by atoms with Gasteiger partial charge in [0.2, 0.25) is 0 Å². The van der Waals surface area contributed by atoms with Gasteiger partial charge in [0, 0.05) is 54.5 Å². The average Bonchev–Trinajstić information content (AvgIpc) is 3.22. The molecule has 0 bridgehead atoms. The van der Waals surface area contributed by atoms with Gasteiger partial charge >= 0.3 is 0 Å². The number of halogens is 1. The van der Waals surface area contributed by atoms with E-state index in [4.69, 9.17) is 4.98 Å². The molecule has 0 atom stereocenters. The molecule has 0 saturated heterocycles. The smallest absolute Gasteiger partial charge is 0.159 e. The monoisotopic (exact) mass is 385 g/mol. The first-order valence-electron chi connectivity index (χ1n) is 9.67. The van der Waals surface area contributed by atoms with Gasteiger partial charge in [0.25, 0.3) is 0 Å². The maximum atomic E-state index is 13.2. The van der Waals surface area contributed by atoms with Crippen molar-refractivity contribution >= 4 is 0 Å². The number of rotatable bonds is 4. The number of aromatic amines is 1. The zero-order valence-electron chi connectivity index (χ0n) is 15.8. The molecule has 3 heterocycles. The fourth-order valence-electron chi connectivity index (χ4n) is 3.77. The summed E-state index contributed by atoms with van der Waals surface area (Å²) in [5.74, 6) is 0.545. The van der Waals surface area contributed by atoms with Crippen LogP contribution in [-0.2, 0) is 19.5 Å². The summed E-state index contributed by atoms with van der Waals surface area (Å²) < 4.78 is 13.2. The second-order valence-electron chi connectivity index (χ2n) is 7.27. The number of hydrogen-bond acceptors (Lipinski definition) is 4. The summed E-state index contributed by atoms with van der Waals surface area (Å²) in [7, 11) is 0. The molecular formula is C23H20FN5. The van der Waals surface area contributed by atoms with E-state index < -0.39 is 0 Å². The highest BCUT2D eigenvalue weighted by molar-refractivity contribution is 5.62. The van der Waals surface area contributed by atoms with Crippen LogP contribution in [0.3, 0.4) is 0 Å². The first-order chi connectivity index (χ1) is 14.3. The molecule has 0 aliphatic carbocycles. The number of hydrogen-bond donors (Lipinski definition) is 1. The van der Waals surface area contributed by atoms with Crippen molar-refractivity contribution in [1.29, 1.82) is 0 Å².